The normalized spacial score (nSPS) is 28.0. The molecular formula is C18H34BN5O7S. The Bertz CT molecular complexity index is 849. The van der Waals surface area contributed by atoms with Gasteiger partial charge in [0.1, 0.15) is 0 Å². The third kappa shape index (κ3) is 5.74. The first kappa shape index (κ1) is 26.8. The summed E-state index contributed by atoms with van der Waals surface area (Å²) >= 11 is 0. The second-order valence-electron chi connectivity index (χ2n) is 10.2. The van der Waals surface area contributed by atoms with Crippen LogP contribution in [-0.4, -0.2) is 78.0 Å². The molecule has 0 aromatic rings. The van der Waals surface area contributed by atoms with Crippen LogP contribution in [0.15, 0.2) is 5.11 Å². The Kier molecular flexibility index (Phi) is 7.63. The SMILES string of the molecule is CC(C)(O)CNS(=O)(=O)N1C[C@H](CCCB2OC(C)(C)C(C)(C)O2)[C@](N=[N+]=[N-])(C(=O)O)C1. The molecular weight excluding hydrogens is 441 g/mol. The summed E-state index contributed by atoms with van der Waals surface area (Å²) in [4.78, 5) is 14.8. The highest BCUT2D eigenvalue weighted by Gasteiger charge is 2.55. The maximum absolute atomic E-state index is 12.7. The number of nitrogens with one attached hydrogen (secondary N) is 1. The van der Waals surface area contributed by atoms with Gasteiger partial charge in [-0.25, -0.2) is 0 Å². The molecule has 0 bridgehead atoms. The van der Waals surface area contributed by atoms with E-state index < -0.39 is 58.1 Å². The fourth-order valence-electron chi connectivity index (χ4n) is 3.82. The number of azide groups is 1. The minimum Gasteiger partial charge on any atom is -0.481 e. The Labute approximate surface area is 189 Å². The first-order valence-corrected chi connectivity index (χ1v) is 12.0. The zero-order valence-corrected chi connectivity index (χ0v) is 20.3. The smallest absolute Gasteiger partial charge is 0.457 e. The topological polar surface area (TPSA) is 174 Å². The van der Waals surface area contributed by atoms with Crippen molar-refractivity contribution in [1.29, 1.82) is 0 Å². The molecule has 14 heteroatoms. The van der Waals surface area contributed by atoms with Crippen LogP contribution in [0, 0.1) is 5.92 Å². The highest BCUT2D eigenvalue weighted by molar-refractivity contribution is 7.87. The molecule has 0 aromatic heterocycles. The van der Waals surface area contributed by atoms with E-state index in [4.69, 9.17) is 14.8 Å². The number of rotatable bonds is 10. The fraction of sp³-hybridized carbons (Fsp3) is 0.944. The van der Waals surface area contributed by atoms with Gasteiger partial charge in [-0.2, -0.15) is 17.4 Å². The van der Waals surface area contributed by atoms with E-state index >= 15 is 0 Å². The Morgan fingerprint density at radius 2 is 1.88 bits per heavy atom. The summed E-state index contributed by atoms with van der Waals surface area (Å²) in [6, 6.07) is 0. The highest BCUT2D eigenvalue weighted by Crippen LogP contribution is 2.40. The third-order valence-corrected chi connectivity index (χ3v) is 7.90. The molecule has 2 saturated heterocycles. The average Bonchev–Trinajstić information content (AvgIpc) is 3.09. The maximum Gasteiger partial charge on any atom is 0.457 e. The van der Waals surface area contributed by atoms with Crippen LogP contribution in [0.2, 0.25) is 6.32 Å². The lowest BCUT2D eigenvalue weighted by Gasteiger charge is -2.32. The van der Waals surface area contributed by atoms with E-state index in [1.54, 1.807) is 0 Å². The van der Waals surface area contributed by atoms with Crippen LogP contribution in [-0.2, 0) is 24.3 Å². The van der Waals surface area contributed by atoms with Crippen molar-refractivity contribution in [2.45, 2.75) is 83.0 Å². The monoisotopic (exact) mass is 475 g/mol. The van der Waals surface area contributed by atoms with Crippen LogP contribution in [0.25, 0.3) is 10.4 Å². The van der Waals surface area contributed by atoms with E-state index in [1.807, 2.05) is 27.7 Å². The number of carbonyl (C=O) groups is 1. The quantitative estimate of drug-likeness (QED) is 0.186. The highest BCUT2D eigenvalue weighted by atomic mass is 32.2. The number of carboxylic acid groups (broad SMARTS) is 1. The van der Waals surface area contributed by atoms with E-state index in [0.717, 1.165) is 4.31 Å². The van der Waals surface area contributed by atoms with Crippen molar-refractivity contribution < 1.29 is 32.7 Å². The van der Waals surface area contributed by atoms with E-state index in [9.17, 15) is 23.4 Å². The van der Waals surface area contributed by atoms with Crippen LogP contribution >= 0.6 is 0 Å². The van der Waals surface area contributed by atoms with Gasteiger partial charge in [0.25, 0.3) is 10.2 Å². The van der Waals surface area contributed by atoms with Crippen LogP contribution in [0.5, 0.6) is 0 Å². The van der Waals surface area contributed by atoms with E-state index in [2.05, 4.69) is 14.7 Å². The number of aliphatic hydroxyl groups is 1. The Hall–Kier alpha value is -1.41. The standard InChI is InChI=1S/C18H34BN5O7S/c1-15(2,27)11-21-32(28,29)24-10-13(18(12-24,14(25)26)22-23-20)8-7-9-19-30-16(3,4)17(5,6)31-19/h13,21,27H,7-12H2,1-6H3,(H,25,26)/t13-,18-/m0/s1. The molecule has 2 aliphatic heterocycles. The molecule has 0 spiro atoms. The summed E-state index contributed by atoms with van der Waals surface area (Å²) in [5, 5.41) is 23.2. The Morgan fingerprint density at radius 1 is 1.31 bits per heavy atom. The predicted octanol–water partition coefficient (Wildman–Crippen LogP) is 1.53. The molecule has 0 amide bonds. The van der Waals surface area contributed by atoms with Gasteiger partial charge in [-0.3, -0.25) is 4.79 Å². The number of nitrogens with zero attached hydrogens (tertiary/aromatic N) is 4. The summed E-state index contributed by atoms with van der Waals surface area (Å²) < 4.78 is 40.6. The summed E-state index contributed by atoms with van der Waals surface area (Å²) in [5.74, 6) is -2.12. The van der Waals surface area contributed by atoms with Crippen molar-refractivity contribution in [1.82, 2.24) is 9.03 Å². The van der Waals surface area contributed by atoms with Crippen LogP contribution in [0.4, 0.5) is 0 Å². The average molecular weight is 475 g/mol. The first-order chi connectivity index (χ1) is 14.5. The Morgan fingerprint density at radius 3 is 2.34 bits per heavy atom. The van der Waals surface area contributed by atoms with Gasteiger partial charge in [-0.05, 0) is 65.7 Å². The lowest BCUT2D eigenvalue weighted by Crippen LogP contribution is -2.48. The number of hydrogen-bond donors (Lipinski definition) is 3. The van der Waals surface area contributed by atoms with Crippen molar-refractivity contribution in [3.05, 3.63) is 10.4 Å². The van der Waals surface area contributed by atoms with Crippen LogP contribution in [0.1, 0.15) is 54.4 Å². The molecule has 2 heterocycles. The van der Waals surface area contributed by atoms with Crippen molar-refractivity contribution in [3.8, 4) is 0 Å². The van der Waals surface area contributed by atoms with Gasteiger partial charge in [0.05, 0.1) is 16.8 Å². The molecule has 2 aliphatic rings. The summed E-state index contributed by atoms with van der Waals surface area (Å²) in [6.07, 6.45) is 1.27. The third-order valence-electron chi connectivity index (χ3n) is 6.43. The van der Waals surface area contributed by atoms with Gasteiger partial charge in [0.15, 0.2) is 5.54 Å². The molecule has 0 aromatic carbocycles. The first-order valence-electron chi connectivity index (χ1n) is 10.6. The molecule has 3 N–H and O–H groups in total. The lowest BCUT2D eigenvalue weighted by atomic mass is 9.78. The maximum atomic E-state index is 12.7. The summed E-state index contributed by atoms with van der Waals surface area (Å²) in [5.41, 5.74) is 4.82. The van der Waals surface area contributed by atoms with Crippen LogP contribution in [0.3, 0.4) is 0 Å². The minimum atomic E-state index is -4.09. The minimum absolute atomic E-state index is 0.129. The van der Waals surface area contributed by atoms with Gasteiger partial charge < -0.3 is 19.5 Å². The number of carboxylic acids is 1. The van der Waals surface area contributed by atoms with E-state index in [-0.39, 0.29) is 13.1 Å². The van der Waals surface area contributed by atoms with Crippen molar-refractivity contribution in [3.63, 3.8) is 0 Å². The fourth-order valence-corrected chi connectivity index (χ4v) is 5.28. The Balaban J connectivity index is 2.13. The number of aliphatic carboxylic acids is 1. The molecule has 0 unspecified atom stereocenters. The molecule has 0 aliphatic carbocycles. The van der Waals surface area contributed by atoms with Gasteiger partial charge in [0.2, 0.25) is 0 Å². The van der Waals surface area contributed by atoms with Crippen LogP contribution < -0.4 is 4.72 Å². The predicted molar refractivity (Wildman–Crippen MR) is 118 cm³/mol. The lowest BCUT2D eigenvalue weighted by molar-refractivity contribution is -0.144. The van der Waals surface area contributed by atoms with Gasteiger partial charge >= 0.3 is 13.1 Å². The zero-order chi connectivity index (χ0) is 24.6. The van der Waals surface area contributed by atoms with Crippen molar-refractivity contribution in [2.75, 3.05) is 19.6 Å². The van der Waals surface area contributed by atoms with Crippen molar-refractivity contribution in [2.24, 2.45) is 11.0 Å². The molecule has 12 nitrogen and oxygen atoms in total. The van der Waals surface area contributed by atoms with Gasteiger partial charge in [-0.15, -0.1) is 0 Å². The molecule has 0 radical (unpaired) electrons. The molecule has 2 atom stereocenters. The number of hydrogen-bond acceptors (Lipinski definition) is 7. The van der Waals surface area contributed by atoms with E-state index in [1.165, 1.54) is 13.8 Å². The largest absolute Gasteiger partial charge is 0.481 e. The van der Waals surface area contributed by atoms with Gasteiger partial charge in [-0.1, -0.05) is 11.5 Å². The van der Waals surface area contributed by atoms with E-state index in [0.29, 0.717) is 19.2 Å². The van der Waals surface area contributed by atoms with Crippen molar-refractivity contribution >= 4 is 23.3 Å². The zero-order valence-electron chi connectivity index (χ0n) is 19.5. The molecule has 2 fully saturated rings. The molecule has 2 rings (SSSR count). The second-order valence-corrected chi connectivity index (χ2v) is 11.9. The molecule has 182 valence electrons. The second kappa shape index (κ2) is 9.09. The summed E-state index contributed by atoms with van der Waals surface area (Å²) in [6.45, 7) is 9.76. The molecule has 0 saturated carbocycles. The molecule has 32 heavy (non-hydrogen) atoms. The summed E-state index contributed by atoms with van der Waals surface area (Å²) in [7, 11) is -4.56. The van der Waals surface area contributed by atoms with Gasteiger partial charge in [0, 0.05) is 24.5 Å².